The van der Waals surface area contributed by atoms with E-state index in [1.165, 1.54) is 11.1 Å². The zero-order valence-electron chi connectivity index (χ0n) is 19.3. The molecule has 2 atom stereocenters. The summed E-state index contributed by atoms with van der Waals surface area (Å²) in [6.45, 7) is 9.33. The lowest BCUT2D eigenvalue weighted by Gasteiger charge is -2.31. The van der Waals surface area contributed by atoms with E-state index in [-0.39, 0.29) is 6.10 Å². The first-order chi connectivity index (χ1) is 15.0. The predicted molar refractivity (Wildman–Crippen MR) is 126 cm³/mol. The fraction of sp³-hybridized carbons (Fsp3) is 0.565. The second-order valence-corrected chi connectivity index (χ2v) is 8.94. The number of aromatic nitrogens is 1. The molecule has 170 valence electrons. The highest BCUT2D eigenvalue weighted by molar-refractivity contribution is 7.09. The molecular weight excluding hydrogens is 410 g/mol. The van der Waals surface area contributed by atoms with Gasteiger partial charge in [-0.25, -0.2) is 4.98 Å². The summed E-state index contributed by atoms with van der Waals surface area (Å²) in [5, 5.41) is 6.57. The van der Waals surface area contributed by atoms with Gasteiger partial charge in [0.2, 0.25) is 0 Å². The number of hydrogen-bond acceptors (Lipinski definition) is 6. The highest BCUT2D eigenvalue weighted by Crippen LogP contribution is 2.21. The van der Waals surface area contributed by atoms with Gasteiger partial charge in [-0.2, -0.15) is 0 Å². The van der Waals surface area contributed by atoms with Crippen molar-refractivity contribution >= 4 is 17.3 Å². The van der Waals surface area contributed by atoms with Gasteiger partial charge in [0.1, 0.15) is 11.1 Å². The predicted octanol–water partition coefficient (Wildman–Crippen LogP) is 3.28. The summed E-state index contributed by atoms with van der Waals surface area (Å²) in [5.41, 5.74) is 3.60. The smallest absolute Gasteiger partial charge is 0.194 e. The molecule has 2 unspecified atom stereocenters. The van der Waals surface area contributed by atoms with Gasteiger partial charge in [-0.05, 0) is 25.0 Å². The average Bonchev–Trinajstić information content (AvgIpc) is 3.22. The van der Waals surface area contributed by atoms with Crippen molar-refractivity contribution in [3.63, 3.8) is 0 Å². The molecule has 1 N–H and O–H groups in total. The van der Waals surface area contributed by atoms with E-state index in [0.29, 0.717) is 12.6 Å². The van der Waals surface area contributed by atoms with Crippen molar-refractivity contribution in [1.29, 1.82) is 0 Å². The van der Waals surface area contributed by atoms with Crippen molar-refractivity contribution in [1.82, 2.24) is 20.1 Å². The molecule has 0 amide bonds. The fourth-order valence-corrected chi connectivity index (χ4v) is 4.54. The van der Waals surface area contributed by atoms with E-state index in [4.69, 9.17) is 9.47 Å². The van der Waals surface area contributed by atoms with Gasteiger partial charge in [-0.1, -0.05) is 24.3 Å². The normalized spacial score (nSPS) is 18.7. The molecule has 1 aliphatic heterocycles. The Morgan fingerprint density at radius 2 is 2.26 bits per heavy atom. The molecule has 3 rings (SSSR count). The van der Waals surface area contributed by atoms with E-state index in [1.54, 1.807) is 18.4 Å². The van der Waals surface area contributed by atoms with E-state index >= 15 is 0 Å². The molecule has 1 aromatic heterocycles. The molecule has 8 heteroatoms. The molecule has 0 radical (unpaired) electrons. The highest BCUT2D eigenvalue weighted by atomic mass is 32.1. The first kappa shape index (κ1) is 23.7. The van der Waals surface area contributed by atoms with Gasteiger partial charge in [0, 0.05) is 52.8 Å². The maximum Gasteiger partial charge on any atom is 0.194 e. The minimum atomic E-state index is 0.0226. The number of morpholine rings is 1. The summed E-state index contributed by atoms with van der Waals surface area (Å²) in [4.78, 5) is 13.7. The van der Waals surface area contributed by atoms with Crippen LogP contribution in [0.3, 0.4) is 0 Å². The molecule has 1 aliphatic rings. The van der Waals surface area contributed by atoms with Crippen LogP contribution in [0.15, 0.2) is 34.6 Å². The molecular formula is C23H35N5O2S. The minimum Gasteiger partial charge on any atom is -0.376 e. The van der Waals surface area contributed by atoms with Gasteiger partial charge in [0.05, 0.1) is 24.9 Å². The Morgan fingerprint density at radius 3 is 3.00 bits per heavy atom. The SMILES string of the molecule is CN=C(NCc1cccc(CN2CCOC(C)C2)c1)N(C)Cc1csc(C(C)OC)n1. The Labute approximate surface area is 190 Å². The van der Waals surface area contributed by atoms with Crippen molar-refractivity contribution in [3.8, 4) is 0 Å². The number of nitrogens with zero attached hydrogens (tertiary/aromatic N) is 4. The number of thiazole rings is 1. The van der Waals surface area contributed by atoms with Crippen molar-refractivity contribution in [3.05, 3.63) is 51.5 Å². The molecule has 0 spiro atoms. The van der Waals surface area contributed by atoms with Crippen LogP contribution >= 0.6 is 11.3 Å². The van der Waals surface area contributed by atoms with E-state index in [1.807, 2.05) is 21.0 Å². The van der Waals surface area contributed by atoms with Gasteiger partial charge in [0.25, 0.3) is 0 Å². The molecule has 0 aliphatic carbocycles. The summed E-state index contributed by atoms with van der Waals surface area (Å²) < 4.78 is 11.0. The minimum absolute atomic E-state index is 0.0226. The third-order valence-electron chi connectivity index (χ3n) is 5.42. The molecule has 2 heterocycles. The Bertz CT molecular complexity index is 856. The van der Waals surface area contributed by atoms with Crippen LogP contribution in [-0.4, -0.2) is 67.7 Å². The van der Waals surface area contributed by atoms with Crippen molar-refractivity contribution in [2.24, 2.45) is 4.99 Å². The van der Waals surface area contributed by atoms with Crippen LogP contribution in [0, 0.1) is 0 Å². The van der Waals surface area contributed by atoms with Crippen molar-refractivity contribution in [2.75, 3.05) is 40.9 Å². The van der Waals surface area contributed by atoms with Crippen LogP contribution in [0.25, 0.3) is 0 Å². The maximum absolute atomic E-state index is 5.65. The van der Waals surface area contributed by atoms with Gasteiger partial charge in [-0.3, -0.25) is 9.89 Å². The summed E-state index contributed by atoms with van der Waals surface area (Å²) in [7, 11) is 5.55. The van der Waals surface area contributed by atoms with E-state index in [9.17, 15) is 0 Å². The van der Waals surface area contributed by atoms with Gasteiger partial charge in [-0.15, -0.1) is 11.3 Å². The zero-order valence-corrected chi connectivity index (χ0v) is 20.1. The fourth-order valence-electron chi connectivity index (χ4n) is 3.70. The van der Waals surface area contributed by atoms with E-state index in [2.05, 4.69) is 61.7 Å². The first-order valence-corrected chi connectivity index (χ1v) is 11.7. The second kappa shape index (κ2) is 11.6. The number of ether oxygens (including phenoxy) is 2. The molecule has 1 saturated heterocycles. The highest BCUT2D eigenvalue weighted by Gasteiger charge is 2.17. The molecule has 0 bridgehead atoms. The van der Waals surface area contributed by atoms with E-state index in [0.717, 1.165) is 49.4 Å². The van der Waals surface area contributed by atoms with Gasteiger partial charge < -0.3 is 19.7 Å². The van der Waals surface area contributed by atoms with E-state index < -0.39 is 0 Å². The summed E-state index contributed by atoms with van der Waals surface area (Å²) >= 11 is 1.63. The Balaban J connectivity index is 1.53. The summed E-state index contributed by atoms with van der Waals surface area (Å²) in [6, 6.07) is 8.77. The van der Waals surface area contributed by atoms with Crippen LogP contribution < -0.4 is 5.32 Å². The number of nitrogens with one attached hydrogen (secondary N) is 1. The lowest BCUT2D eigenvalue weighted by atomic mass is 10.1. The number of methoxy groups -OCH3 is 1. The monoisotopic (exact) mass is 445 g/mol. The number of guanidine groups is 1. The zero-order chi connectivity index (χ0) is 22.2. The Kier molecular flexibility index (Phi) is 8.83. The molecule has 2 aromatic rings. The third-order valence-corrected chi connectivity index (χ3v) is 6.47. The molecule has 7 nitrogen and oxygen atoms in total. The lowest BCUT2D eigenvalue weighted by Crippen LogP contribution is -2.40. The van der Waals surface area contributed by atoms with Crippen LogP contribution in [-0.2, 0) is 29.1 Å². The second-order valence-electron chi connectivity index (χ2n) is 8.05. The quantitative estimate of drug-likeness (QED) is 0.497. The standard InChI is InChI=1S/C23H35N5O2S/c1-17-13-28(9-10-30-17)14-20-8-6-7-19(11-20)12-25-23(24-3)27(4)15-21-16-31-22(26-21)18(2)29-5/h6-8,11,16-18H,9-10,12-15H2,1-5H3,(H,24,25). The number of benzene rings is 1. The topological polar surface area (TPSA) is 62.2 Å². The Morgan fingerprint density at radius 1 is 1.45 bits per heavy atom. The molecule has 1 fully saturated rings. The van der Waals surface area contributed by atoms with Crippen LogP contribution in [0.4, 0.5) is 0 Å². The van der Waals surface area contributed by atoms with Crippen molar-refractivity contribution < 1.29 is 9.47 Å². The summed E-state index contributed by atoms with van der Waals surface area (Å²) in [6.07, 6.45) is 0.332. The number of aliphatic imine (C=N–C) groups is 1. The molecule has 31 heavy (non-hydrogen) atoms. The lowest BCUT2D eigenvalue weighted by molar-refractivity contribution is -0.0212. The van der Waals surface area contributed by atoms with Crippen LogP contribution in [0.5, 0.6) is 0 Å². The third kappa shape index (κ3) is 7.00. The van der Waals surface area contributed by atoms with Crippen LogP contribution in [0.2, 0.25) is 0 Å². The maximum atomic E-state index is 5.65. The number of rotatable bonds is 8. The molecule has 1 aromatic carbocycles. The van der Waals surface area contributed by atoms with Crippen LogP contribution in [0.1, 0.15) is 41.8 Å². The number of hydrogen-bond donors (Lipinski definition) is 1. The van der Waals surface area contributed by atoms with Gasteiger partial charge in [0.15, 0.2) is 5.96 Å². The first-order valence-electron chi connectivity index (χ1n) is 10.8. The summed E-state index contributed by atoms with van der Waals surface area (Å²) in [5.74, 6) is 0.849. The van der Waals surface area contributed by atoms with Crippen molar-refractivity contribution in [2.45, 2.75) is 45.7 Å². The van der Waals surface area contributed by atoms with Gasteiger partial charge >= 0.3 is 0 Å². The molecule has 0 saturated carbocycles. The Hall–Kier alpha value is -2.00. The largest absolute Gasteiger partial charge is 0.376 e. The average molecular weight is 446 g/mol.